The van der Waals surface area contributed by atoms with Gasteiger partial charge in [-0.3, -0.25) is 9.89 Å². The molecule has 154 valence electrons. The minimum absolute atomic E-state index is 0.0987. The number of phenolic OH excluding ortho intramolecular Hbond substituents is 2. The van der Waals surface area contributed by atoms with E-state index < -0.39 is 6.04 Å². The monoisotopic (exact) mass is 411 g/mol. The molecular weight excluding hydrogens is 390 g/mol. The lowest BCUT2D eigenvalue weighted by molar-refractivity contribution is 0.0745. The number of H-pyrrole nitrogens is 1. The Labute approximate surface area is 179 Å². The summed E-state index contributed by atoms with van der Waals surface area (Å²) in [7, 11) is 0. The van der Waals surface area contributed by atoms with E-state index in [1.54, 1.807) is 41.3 Å². The summed E-state index contributed by atoms with van der Waals surface area (Å²) in [6.07, 6.45) is 0.700. The molecule has 2 heterocycles. The van der Waals surface area contributed by atoms with Crippen LogP contribution in [0.3, 0.4) is 0 Å². The van der Waals surface area contributed by atoms with Gasteiger partial charge in [-0.05, 0) is 41.8 Å². The number of carbonyl (C=O) groups excluding carboxylic acids is 1. The van der Waals surface area contributed by atoms with Crippen LogP contribution in [0.2, 0.25) is 0 Å². The number of phenols is 2. The number of aromatic nitrogens is 2. The van der Waals surface area contributed by atoms with Crippen molar-refractivity contribution in [2.45, 2.75) is 12.5 Å². The second-order valence-electron chi connectivity index (χ2n) is 7.61. The maximum Gasteiger partial charge on any atom is 0.273 e. The summed E-state index contributed by atoms with van der Waals surface area (Å²) in [5.41, 5.74) is 4.16. The van der Waals surface area contributed by atoms with Gasteiger partial charge in [0, 0.05) is 17.7 Å². The number of para-hydroxylation sites is 1. The van der Waals surface area contributed by atoms with Gasteiger partial charge < -0.3 is 15.1 Å². The molecule has 1 amide bonds. The highest BCUT2D eigenvalue weighted by molar-refractivity contribution is 6.00. The third-order valence-electron chi connectivity index (χ3n) is 5.69. The van der Waals surface area contributed by atoms with Gasteiger partial charge in [-0.15, -0.1) is 0 Å². The van der Waals surface area contributed by atoms with E-state index >= 15 is 0 Å². The first-order valence-corrected chi connectivity index (χ1v) is 10.1. The summed E-state index contributed by atoms with van der Waals surface area (Å²) in [6, 6.07) is 23.5. The van der Waals surface area contributed by atoms with Crippen LogP contribution in [-0.4, -0.2) is 37.8 Å². The molecule has 0 spiro atoms. The van der Waals surface area contributed by atoms with Gasteiger partial charge >= 0.3 is 0 Å². The van der Waals surface area contributed by atoms with Crippen LogP contribution in [0.25, 0.3) is 11.3 Å². The van der Waals surface area contributed by atoms with Crippen molar-refractivity contribution in [1.29, 1.82) is 0 Å². The molecule has 4 aromatic rings. The van der Waals surface area contributed by atoms with Crippen LogP contribution in [0.5, 0.6) is 11.5 Å². The highest BCUT2D eigenvalue weighted by Crippen LogP contribution is 2.44. The normalized spacial score (nSPS) is 15.3. The third kappa shape index (κ3) is 3.32. The molecule has 1 aliphatic heterocycles. The van der Waals surface area contributed by atoms with E-state index in [0.717, 1.165) is 11.1 Å². The zero-order valence-electron chi connectivity index (χ0n) is 16.7. The van der Waals surface area contributed by atoms with Gasteiger partial charge in [-0.25, -0.2) is 0 Å². The van der Waals surface area contributed by atoms with Gasteiger partial charge in [-0.1, -0.05) is 54.6 Å². The SMILES string of the molecule is O=C1c2[nH]nc(-c3ccccc3O)c2[C@@H](c2cccc(O)c2)N1CCc1ccccc1. The van der Waals surface area contributed by atoms with E-state index in [4.69, 9.17) is 0 Å². The number of hydrogen-bond acceptors (Lipinski definition) is 4. The fourth-order valence-electron chi connectivity index (χ4n) is 4.24. The summed E-state index contributed by atoms with van der Waals surface area (Å²) in [4.78, 5) is 15.1. The fourth-order valence-corrected chi connectivity index (χ4v) is 4.24. The van der Waals surface area contributed by atoms with E-state index in [-0.39, 0.29) is 17.4 Å². The molecule has 0 aliphatic carbocycles. The largest absolute Gasteiger partial charge is 0.508 e. The molecule has 5 rings (SSSR count). The van der Waals surface area contributed by atoms with Crippen molar-refractivity contribution in [3.63, 3.8) is 0 Å². The van der Waals surface area contributed by atoms with Crippen LogP contribution in [0.1, 0.15) is 33.2 Å². The first kappa shape index (κ1) is 18.9. The predicted octanol–water partition coefficient (Wildman–Crippen LogP) is 4.28. The minimum atomic E-state index is -0.424. The zero-order chi connectivity index (χ0) is 21.4. The Kier molecular flexibility index (Phi) is 4.67. The molecule has 6 heteroatoms. The van der Waals surface area contributed by atoms with Crippen LogP contribution < -0.4 is 0 Å². The average molecular weight is 411 g/mol. The zero-order valence-corrected chi connectivity index (χ0v) is 16.7. The van der Waals surface area contributed by atoms with Gasteiger partial charge in [-0.2, -0.15) is 5.10 Å². The van der Waals surface area contributed by atoms with Crippen molar-refractivity contribution in [3.05, 3.63) is 101 Å². The number of fused-ring (bicyclic) bond motifs is 1. The number of amides is 1. The quantitative estimate of drug-likeness (QED) is 0.457. The molecule has 31 heavy (non-hydrogen) atoms. The maximum absolute atomic E-state index is 13.3. The molecule has 0 unspecified atom stereocenters. The van der Waals surface area contributed by atoms with Crippen molar-refractivity contribution in [1.82, 2.24) is 15.1 Å². The summed E-state index contributed by atoms with van der Waals surface area (Å²) < 4.78 is 0. The third-order valence-corrected chi connectivity index (χ3v) is 5.69. The Morgan fingerprint density at radius 2 is 1.71 bits per heavy atom. The lowest BCUT2D eigenvalue weighted by Crippen LogP contribution is -2.31. The first-order chi connectivity index (χ1) is 15.1. The molecule has 0 saturated heterocycles. The summed E-state index contributed by atoms with van der Waals surface area (Å²) >= 11 is 0. The molecule has 3 N–H and O–H groups in total. The molecule has 0 saturated carbocycles. The second kappa shape index (κ2) is 7.65. The van der Waals surface area contributed by atoms with Crippen LogP contribution in [0.4, 0.5) is 0 Å². The number of benzene rings is 3. The number of hydrogen-bond donors (Lipinski definition) is 3. The standard InChI is InChI=1S/C25H21N3O3/c29-18-10-6-9-17(15-18)24-21-22(19-11-4-5-12-20(19)30)26-27-23(21)25(31)28(24)14-13-16-7-2-1-3-8-16/h1-12,15,24,29-30H,13-14H2,(H,26,27)/t24-/m1/s1. The van der Waals surface area contributed by atoms with Crippen molar-refractivity contribution in [3.8, 4) is 22.8 Å². The van der Waals surface area contributed by atoms with Gasteiger partial charge in [0.15, 0.2) is 0 Å². The number of carbonyl (C=O) groups is 1. The van der Waals surface area contributed by atoms with Gasteiger partial charge in [0.25, 0.3) is 5.91 Å². The Morgan fingerprint density at radius 3 is 2.48 bits per heavy atom. The maximum atomic E-state index is 13.3. The fraction of sp³-hybridized carbons (Fsp3) is 0.120. The summed E-state index contributed by atoms with van der Waals surface area (Å²) in [5.74, 6) is 0.0871. The molecule has 3 aromatic carbocycles. The highest BCUT2D eigenvalue weighted by atomic mass is 16.3. The Hall–Kier alpha value is -4.06. The van der Waals surface area contributed by atoms with E-state index in [1.807, 2.05) is 42.5 Å². The number of nitrogens with one attached hydrogen (secondary N) is 1. The second-order valence-corrected chi connectivity index (χ2v) is 7.61. The highest BCUT2D eigenvalue weighted by Gasteiger charge is 2.42. The molecule has 1 aliphatic rings. The van der Waals surface area contributed by atoms with Crippen LogP contribution in [0.15, 0.2) is 78.9 Å². The van der Waals surface area contributed by atoms with Crippen molar-refractivity contribution in [2.75, 3.05) is 6.54 Å². The van der Waals surface area contributed by atoms with Gasteiger partial charge in [0.2, 0.25) is 0 Å². The van der Waals surface area contributed by atoms with Crippen LogP contribution in [-0.2, 0) is 6.42 Å². The van der Waals surface area contributed by atoms with Gasteiger partial charge in [0.1, 0.15) is 22.9 Å². The molecule has 0 radical (unpaired) electrons. The molecular formula is C25H21N3O3. The van der Waals surface area contributed by atoms with E-state index in [2.05, 4.69) is 10.2 Å². The molecule has 1 aromatic heterocycles. The number of rotatable bonds is 5. The lowest BCUT2D eigenvalue weighted by Gasteiger charge is -2.26. The van der Waals surface area contributed by atoms with Gasteiger partial charge in [0.05, 0.1) is 6.04 Å². The first-order valence-electron chi connectivity index (χ1n) is 10.1. The Bertz CT molecular complexity index is 1250. The molecule has 0 bridgehead atoms. The smallest absolute Gasteiger partial charge is 0.273 e. The van der Waals surface area contributed by atoms with E-state index in [9.17, 15) is 15.0 Å². The summed E-state index contributed by atoms with van der Waals surface area (Å²) in [6.45, 7) is 0.506. The van der Waals surface area contributed by atoms with Crippen LogP contribution in [0, 0.1) is 0 Å². The number of aromatic amines is 1. The Morgan fingerprint density at radius 1 is 0.935 bits per heavy atom. The minimum Gasteiger partial charge on any atom is -0.508 e. The molecule has 1 atom stereocenters. The molecule has 0 fully saturated rings. The molecule has 6 nitrogen and oxygen atoms in total. The van der Waals surface area contributed by atoms with Crippen molar-refractivity contribution >= 4 is 5.91 Å². The van der Waals surface area contributed by atoms with E-state index in [0.29, 0.717) is 35.5 Å². The van der Waals surface area contributed by atoms with Crippen LogP contribution >= 0.6 is 0 Å². The van der Waals surface area contributed by atoms with Crippen molar-refractivity contribution < 1.29 is 15.0 Å². The Balaban J connectivity index is 1.61. The topological polar surface area (TPSA) is 89.5 Å². The summed E-state index contributed by atoms with van der Waals surface area (Å²) in [5, 5.41) is 27.8. The number of nitrogens with zero attached hydrogens (tertiary/aromatic N) is 2. The number of aromatic hydroxyl groups is 2. The lowest BCUT2D eigenvalue weighted by atomic mass is 9.95. The predicted molar refractivity (Wildman–Crippen MR) is 117 cm³/mol. The average Bonchev–Trinajstić information content (AvgIpc) is 3.32. The van der Waals surface area contributed by atoms with Crippen molar-refractivity contribution in [2.24, 2.45) is 0 Å². The van der Waals surface area contributed by atoms with E-state index in [1.165, 1.54) is 0 Å².